The Labute approximate surface area is 116 Å². The zero-order valence-electron chi connectivity index (χ0n) is 11.2. The molecule has 0 bridgehead atoms. The molecule has 108 valence electrons. The van der Waals surface area contributed by atoms with Crippen LogP contribution in [0.3, 0.4) is 0 Å². The van der Waals surface area contributed by atoms with Gasteiger partial charge in [0.05, 0.1) is 19.8 Å². The van der Waals surface area contributed by atoms with Crippen molar-refractivity contribution in [3.63, 3.8) is 0 Å². The molecule has 1 amide bonds. The first-order chi connectivity index (χ1) is 9.61. The molecule has 6 nitrogen and oxygen atoms in total. The highest BCUT2D eigenvalue weighted by Crippen LogP contribution is 2.15. The van der Waals surface area contributed by atoms with E-state index in [2.05, 4.69) is 0 Å². The number of aliphatic carboxylic acids is 1. The molecule has 1 aliphatic rings. The normalized spacial score (nSPS) is 18.6. The van der Waals surface area contributed by atoms with Crippen LogP contribution in [-0.2, 0) is 9.53 Å². The number of hydrogen-bond acceptors (Lipinski definition) is 4. The maximum absolute atomic E-state index is 12.3. The number of carboxylic acids is 1. The maximum atomic E-state index is 12.3. The standard InChI is InChI=1S/C14H17NO5/c1-2-19-11-5-3-10(4-6-11)13(16)15-7-8-20-12(9-15)14(17)18/h3-6,12H,2,7-9H2,1H3,(H,17,18). The molecule has 0 aromatic heterocycles. The third-order valence-electron chi connectivity index (χ3n) is 3.04. The summed E-state index contributed by atoms with van der Waals surface area (Å²) in [6.45, 7) is 3.16. The van der Waals surface area contributed by atoms with Gasteiger partial charge in [0, 0.05) is 12.1 Å². The minimum Gasteiger partial charge on any atom is -0.494 e. The second-order valence-corrected chi connectivity index (χ2v) is 4.41. The van der Waals surface area contributed by atoms with E-state index >= 15 is 0 Å². The van der Waals surface area contributed by atoms with Gasteiger partial charge in [-0.25, -0.2) is 4.79 Å². The Morgan fingerprint density at radius 2 is 2.10 bits per heavy atom. The predicted molar refractivity (Wildman–Crippen MR) is 70.9 cm³/mol. The Morgan fingerprint density at radius 3 is 2.70 bits per heavy atom. The number of nitrogens with zero attached hydrogens (tertiary/aromatic N) is 1. The molecule has 1 atom stereocenters. The molecule has 1 aliphatic heterocycles. The molecule has 1 aromatic rings. The van der Waals surface area contributed by atoms with Crippen molar-refractivity contribution in [1.29, 1.82) is 0 Å². The number of hydrogen-bond donors (Lipinski definition) is 1. The van der Waals surface area contributed by atoms with Gasteiger partial charge in [-0.3, -0.25) is 4.79 Å². The third-order valence-corrected chi connectivity index (χ3v) is 3.04. The van der Waals surface area contributed by atoms with E-state index in [1.165, 1.54) is 4.90 Å². The van der Waals surface area contributed by atoms with E-state index in [1.807, 2.05) is 6.92 Å². The lowest BCUT2D eigenvalue weighted by atomic mass is 10.1. The summed E-state index contributed by atoms with van der Waals surface area (Å²) >= 11 is 0. The predicted octanol–water partition coefficient (Wildman–Crippen LogP) is 1.01. The van der Waals surface area contributed by atoms with Gasteiger partial charge in [0.25, 0.3) is 5.91 Å². The molecule has 0 radical (unpaired) electrons. The number of carbonyl (C=O) groups is 2. The van der Waals surface area contributed by atoms with Gasteiger partial charge in [-0.15, -0.1) is 0 Å². The quantitative estimate of drug-likeness (QED) is 0.890. The van der Waals surface area contributed by atoms with E-state index < -0.39 is 12.1 Å². The number of carbonyl (C=O) groups excluding carboxylic acids is 1. The van der Waals surface area contributed by atoms with E-state index in [9.17, 15) is 9.59 Å². The van der Waals surface area contributed by atoms with Crippen molar-refractivity contribution in [3.8, 4) is 5.75 Å². The summed E-state index contributed by atoms with van der Waals surface area (Å²) in [6, 6.07) is 6.81. The van der Waals surface area contributed by atoms with Crippen LogP contribution in [0.25, 0.3) is 0 Å². The number of morpholine rings is 1. The van der Waals surface area contributed by atoms with Crippen molar-refractivity contribution in [3.05, 3.63) is 29.8 Å². The van der Waals surface area contributed by atoms with E-state index in [4.69, 9.17) is 14.6 Å². The highest BCUT2D eigenvalue weighted by atomic mass is 16.5. The van der Waals surface area contributed by atoms with Crippen LogP contribution in [0, 0.1) is 0 Å². The van der Waals surface area contributed by atoms with E-state index in [1.54, 1.807) is 24.3 Å². The van der Waals surface area contributed by atoms with Crippen LogP contribution in [0.4, 0.5) is 0 Å². The summed E-state index contributed by atoms with van der Waals surface area (Å²) in [6.07, 6.45) is -0.949. The van der Waals surface area contributed by atoms with Gasteiger partial charge in [-0.1, -0.05) is 0 Å². The molecule has 1 fully saturated rings. The topological polar surface area (TPSA) is 76.1 Å². The second kappa shape index (κ2) is 6.38. The molecular formula is C14H17NO5. The van der Waals surface area contributed by atoms with Crippen LogP contribution in [0.15, 0.2) is 24.3 Å². The van der Waals surface area contributed by atoms with Gasteiger partial charge in [0.2, 0.25) is 0 Å². The molecule has 2 rings (SSSR count). The van der Waals surface area contributed by atoms with Crippen molar-refractivity contribution < 1.29 is 24.2 Å². The van der Waals surface area contributed by atoms with Crippen molar-refractivity contribution in [2.75, 3.05) is 26.3 Å². The minimum absolute atomic E-state index is 0.0708. The van der Waals surface area contributed by atoms with Crippen LogP contribution in [0.2, 0.25) is 0 Å². The maximum Gasteiger partial charge on any atom is 0.334 e. The molecule has 0 spiro atoms. The van der Waals surface area contributed by atoms with Crippen molar-refractivity contribution in [2.45, 2.75) is 13.0 Å². The molecule has 0 aliphatic carbocycles. The van der Waals surface area contributed by atoms with Crippen molar-refractivity contribution in [1.82, 2.24) is 4.90 Å². The zero-order chi connectivity index (χ0) is 14.5. The Bertz CT molecular complexity index is 485. The lowest BCUT2D eigenvalue weighted by Gasteiger charge is -2.30. The Kier molecular flexibility index (Phi) is 4.57. The first kappa shape index (κ1) is 14.3. The summed E-state index contributed by atoms with van der Waals surface area (Å²) in [5.41, 5.74) is 0.513. The second-order valence-electron chi connectivity index (χ2n) is 4.41. The fourth-order valence-corrected chi connectivity index (χ4v) is 2.03. The monoisotopic (exact) mass is 279 g/mol. The molecule has 6 heteroatoms. The first-order valence-corrected chi connectivity index (χ1v) is 6.48. The molecule has 1 saturated heterocycles. The fourth-order valence-electron chi connectivity index (χ4n) is 2.03. The van der Waals surface area contributed by atoms with Crippen LogP contribution in [0.5, 0.6) is 5.75 Å². The van der Waals surface area contributed by atoms with E-state index in [0.29, 0.717) is 24.5 Å². The largest absolute Gasteiger partial charge is 0.494 e. The molecule has 1 heterocycles. The molecule has 1 N–H and O–H groups in total. The summed E-state index contributed by atoms with van der Waals surface area (Å²) in [4.78, 5) is 24.7. The van der Waals surface area contributed by atoms with Gasteiger partial charge >= 0.3 is 5.97 Å². The molecular weight excluding hydrogens is 262 g/mol. The Morgan fingerprint density at radius 1 is 1.40 bits per heavy atom. The summed E-state index contributed by atoms with van der Waals surface area (Å²) in [5, 5.41) is 8.92. The lowest BCUT2D eigenvalue weighted by Crippen LogP contribution is -2.48. The Balaban J connectivity index is 2.04. The number of amides is 1. The first-order valence-electron chi connectivity index (χ1n) is 6.48. The van der Waals surface area contributed by atoms with Crippen LogP contribution < -0.4 is 4.74 Å². The van der Waals surface area contributed by atoms with Crippen molar-refractivity contribution in [2.24, 2.45) is 0 Å². The van der Waals surface area contributed by atoms with Crippen LogP contribution in [-0.4, -0.2) is 54.3 Å². The number of carboxylic acid groups (broad SMARTS) is 1. The van der Waals surface area contributed by atoms with Crippen molar-refractivity contribution >= 4 is 11.9 Å². The molecule has 1 aromatic carbocycles. The summed E-state index contributed by atoms with van der Waals surface area (Å²) in [7, 11) is 0. The van der Waals surface area contributed by atoms with Gasteiger partial charge in [0.15, 0.2) is 6.10 Å². The van der Waals surface area contributed by atoms with Gasteiger partial charge in [-0.05, 0) is 31.2 Å². The fraction of sp³-hybridized carbons (Fsp3) is 0.429. The van der Waals surface area contributed by atoms with E-state index in [0.717, 1.165) is 0 Å². The summed E-state index contributed by atoms with van der Waals surface area (Å²) < 4.78 is 10.4. The third kappa shape index (κ3) is 3.27. The molecule has 0 saturated carbocycles. The lowest BCUT2D eigenvalue weighted by molar-refractivity contribution is -0.154. The minimum atomic E-state index is -1.05. The summed E-state index contributed by atoms with van der Waals surface area (Å²) in [5.74, 6) is -0.536. The van der Waals surface area contributed by atoms with Crippen LogP contribution in [0.1, 0.15) is 17.3 Å². The number of rotatable bonds is 4. The number of benzene rings is 1. The SMILES string of the molecule is CCOc1ccc(C(=O)N2CCOC(C(=O)O)C2)cc1. The zero-order valence-corrected chi connectivity index (χ0v) is 11.2. The smallest absolute Gasteiger partial charge is 0.334 e. The molecule has 1 unspecified atom stereocenters. The Hall–Kier alpha value is -2.08. The highest BCUT2D eigenvalue weighted by molar-refractivity contribution is 5.94. The van der Waals surface area contributed by atoms with Gasteiger partial charge in [0.1, 0.15) is 5.75 Å². The van der Waals surface area contributed by atoms with Crippen LogP contribution >= 0.6 is 0 Å². The highest BCUT2D eigenvalue weighted by Gasteiger charge is 2.29. The van der Waals surface area contributed by atoms with Gasteiger partial charge in [-0.2, -0.15) is 0 Å². The van der Waals surface area contributed by atoms with Gasteiger partial charge < -0.3 is 19.5 Å². The molecule has 20 heavy (non-hydrogen) atoms. The van der Waals surface area contributed by atoms with E-state index in [-0.39, 0.29) is 19.1 Å². The number of ether oxygens (including phenoxy) is 2. The average Bonchev–Trinajstić information content (AvgIpc) is 2.48. The average molecular weight is 279 g/mol.